The van der Waals surface area contributed by atoms with Crippen LogP contribution in [-0.4, -0.2) is 51.4 Å². The number of fused-ring (bicyclic) bond motifs is 1. The molecule has 40 heavy (non-hydrogen) atoms. The van der Waals surface area contributed by atoms with Gasteiger partial charge in [0.15, 0.2) is 11.9 Å². The van der Waals surface area contributed by atoms with Gasteiger partial charge in [-0.3, -0.25) is 19.2 Å². The number of ketones is 2. The first-order valence-electron chi connectivity index (χ1n) is 13.6. The highest BCUT2D eigenvalue weighted by molar-refractivity contribution is 6.07. The van der Waals surface area contributed by atoms with E-state index in [0.29, 0.717) is 11.5 Å². The lowest BCUT2D eigenvalue weighted by Gasteiger charge is -2.23. The number of aliphatic hydroxyl groups excluding tert-OH is 1. The Kier molecular flexibility index (Phi) is 10.4. The third kappa shape index (κ3) is 8.09. The second-order valence-electron chi connectivity index (χ2n) is 10.4. The van der Waals surface area contributed by atoms with Crippen LogP contribution in [0.1, 0.15) is 59.8 Å². The van der Waals surface area contributed by atoms with Gasteiger partial charge >= 0.3 is 0 Å². The molecule has 0 aromatic heterocycles. The Bertz CT molecular complexity index is 1260. The van der Waals surface area contributed by atoms with E-state index in [-0.39, 0.29) is 35.8 Å². The average Bonchev–Trinajstić information content (AvgIpc) is 3.66. The first-order valence-corrected chi connectivity index (χ1v) is 13.6. The zero-order valence-corrected chi connectivity index (χ0v) is 23.4. The fraction of sp³-hybridized carbons (Fsp3) is 0.419. The van der Waals surface area contributed by atoms with Gasteiger partial charge in [-0.25, -0.2) is 0 Å². The van der Waals surface area contributed by atoms with Crippen LogP contribution in [0, 0.1) is 5.92 Å². The molecule has 0 aromatic rings. The molecule has 1 aliphatic heterocycles. The normalized spacial score (nSPS) is 26.1. The van der Waals surface area contributed by atoms with Crippen molar-refractivity contribution < 1.29 is 34.1 Å². The number of allylic oxidation sites excluding steroid dienone is 9. The molecule has 1 fully saturated rings. The molecule has 3 rings (SSSR count). The molecular weight excluding hydrogens is 512 g/mol. The minimum atomic E-state index is -1.61. The molecule has 214 valence electrons. The molecule has 2 aliphatic carbocycles. The number of nitrogens with one attached hydrogen (secondary N) is 2. The number of aliphatic hydroxyl groups is 2. The van der Waals surface area contributed by atoms with Crippen LogP contribution in [0.5, 0.6) is 0 Å². The molecule has 4 N–H and O–H groups in total. The highest BCUT2D eigenvalue weighted by atomic mass is 16.6. The zero-order chi connectivity index (χ0) is 29.4. The fourth-order valence-electron chi connectivity index (χ4n) is 4.61. The maximum absolute atomic E-state index is 12.8. The van der Waals surface area contributed by atoms with Gasteiger partial charge in [-0.15, -0.1) is 0 Å². The molecule has 0 bridgehead atoms. The van der Waals surface area contributed by atoms with E-state index < -0.39 is 35.4 Å². The predicted molar refractivity (Wildman–Crippen MR) is 151 cm³/mol. The molecular formula is C31H38N2O7. The van der Waals surface area contributed by atoms with Crippen molar-refractivity contribution in [2.45, 2.75) is 77.6 Å². The molecule has 0 aromatic carbocycles. The Morgan fingerprint density at radius 1 is 1.15 bits per heavy atom. The van der Waals surface area contributed by atoms with Gasteiger partial charge in [-0.2, -0.15) is 0 Å². The van der Waals surface area contributed by atoms with Crippen LogP contribution in [0.15, 0.2) is 83.0 Å². The Morgan fingerprint density at radius 3 is 2.55 bits per heavy atom. The largest absolute Gasteiger partial charge is 0.510 e. The van der Waals surface area contributed by atoms with Gasteiger partial charge in [0.1, 0.15) is 23.2 Å². The summed E-state index contributed by atoms with van der Waals surface area (Å²) in [5.41, 5.74) is -0.310. The van der Waals surface area contributed by atoms with Gasteiger partial charge in [0.25, 0.3) is 5.91 Å². The quantitative estimate of drug-likeness (QED) is 0.165. The van der Waals surface area contributed by atoms with Gasteiger partial charge < -0.3 is 25.6 Å². The number of Topliss-reactive ketones (excluding diaryl/α,β-unsaturated/α-hetero) is 2. The van der Waals surface area contributed by atoms with E-state index in [4.69, 9.17) is 4.74 Å². The smallest absolute Gasteiger partial charge is 0.251 e. The van der Waals surface area contributed by atoms with E-state index in [2.05, 4.69) is 30.6 Å². The van der Waals surface area contributed by atoms with Gasteiger partial charge in [-0.05, 0) is 38.3 Å². The number of hydrogen-bond donors (Lipinski definition) is 4. The molecule has 0 unspecified atom stereocenters. The maximum Gasteiger partial charge on any atom is 0.251 e. The second-order valence-corrected chi connectivity index (χ2v) is 10.4. The molecule has 0 spiro atoms. The Morgan fingerprint density at radius 2 is 1.88 bits per heavy atom. The summed E-state index contributed by atoms with van der Waals surface area (Å²) in [7, 11) is 0. The van der Waals surface area contributed by atoms with Crippen LogP contribution < -0.4 is 10.6 Å². The van der Waals surface area contributed by atoms with Crippen LogP contribution >= 0.6 is 0 Å². The highest BCUT2D eigenvalue weighted by Crippen LogP contribution is 2.40. The summed E-state index contributed by atoms with van der Waals surface area (Å²) in [6.07, 6.45) is 16.0. The van der Waals surface area contributed by atoms with E-state index in [1.807, 2.05) is 6.92 Å². The molecule has 3 aliphatic rings. The van der Waals surface area contributed by atoms with Crippen molar-refractivity contribution in [3.8, 4) is 0 Å². The van der Waals surface area contributed by atoms with Gasteiger partial charge in [0.05, 0.1) is 5.70 Å². The second kappa shape index (κ2) is 13.5. The van der Waals surface area contributed by atoms with E-state index >= 15 is 0 Å². The van der Waals surface area contributed by atoms with E-state index in [1.54, 1.807) is 19.1 Å². The minimum absolute atomic E-state index is 0.0267. The Balaban J connectivity index is 1.60. The monoisotopic (exact) mass is 550 g/mol. The van der Waals surface area contributed by atoms with E-state index in [0.717, 1.165) is 24.8 Å². The third-order valence-corrected chi connectivity index (χ3v) is 6.81. The number of epoxide rings is 1. The molecule has 0 saturated carbocycles. The number of amides is 2. The standard InChI is InChI=1S/C31H38N2O7/c1-5-6-11-19(2)16-20(3)17-21(4)30(38)32-22-18-31(39,29-28(40-29)27(22)37)15-10-8-7-9-12-25(36)33-26-23(34)13-14-24(26)35/h7-10,12,15-19,28-29,34,39H,5-6,11,13-14H2,1-4H3,(H,32,38)(H,33,36)/b8-7?,12-9?,15-10+,20-16+,21-17-/t19-,28-,29-,31+/m1/s1. The lowest BCUT2D eigenvalue weighted by Crippen LogP contribution is -2.42. The van der Waals surface area contributed by atoms with Crippen LogP contribution in [0.4, 0.5) is 0 Å². The van der Waals surface area contributed by atoms with Crippen LogP contribution in [-0.2, 0) is 23.9 Å². The molecule has 9 nitrogen and oxygen atoms in total. The molecule has 0 radical (unpaired) electrons. The Labute approximate surface area is 234 Å². The molecule has 9 heteroatoms. The first kappa shape index (κ1) is 30.7. The van der Waals surface area contributed by atoms with Crippen LogP contribution in [0.2, 0.25) is 0 Å². The minimum Gasteiger partial charge on any atom is -0.510 e. The summed E-state index contributed by atoms with van der Waals surface area (Å²) >= 11 is 0. The van der Waals surface area contributed by atoms with Crippen molar-refractivity contribution in [3.63, 3.8) is 0 Å². The molecule has 1 saturated heterocycles. The summed E-state index contributed by atoms with van der Waals surface area (Å²) < 4.78 is 5.39. The number of ether oxygens (including phenoxy) is 1. The van der Waals surface area contributed by atoms with E-state index in [1.165, 1.54) is 36.5 Å². The zero-order valence-electron chi connectivity index (χ0n) is 23.4. The van der Waals surface area contributed by atoms with E-state index in [9.17, 15) is 29.4 Å². The van der Waals surface area contributed by atoms with Crippen LogP contribution in [0.25, 0.3) is 0 Å². The van der Waals surface area contributed by atoms with Crippen molar-refractivity contribution >= 4 is 23.4 Å². The summed E-state index contributed by atoms with van der Waals surface area (Å²) in [6.45, 7) is 7.90. The van der Waals surface area contributed by atoms with Crippen molar-refractivity contribution in [2.24, 2.45) is 5.92 Å². The SMILES string of the molecule is CCCC[C@@H](C)/C=C(C)/C=C(/C)C(=O)NC1=C[C@@](O)(/C=C/C=CC=CC(=O)NC2=C(O)CCC2=O)[C@@H]2O[C@@H]2C1=O. The van der Waals surface area contributed by atoms with Crippen LogP contribution in [0.3, 0.4) is 0 Å². The van der Waals surface area contributed by atoms with Crippen molar-refractivity contribution in [1.29, 1.82) is 0 Å². The number of carbonyl (C=O) groups excluding carboxylic acids is 4. The third-order valence-electron chi connectivity index (χ3n) is 6.81. The van der Waals surface area contributed by atoms with Gasteiger partial charge in [-0.1, -0.05) is 68.7 Å². The fourth-order valence-corrected chi connectivity index (χ4v) is 4.61. The van der Waals surface area contributed by atoms with Gasteiger partial charge in [0.2, 0.25) is 11.7 Å². The lowest BCUT2D eigenvalue weighted by molar-refractivity contribution is -0.121. The number of carbonyl (C=O) groups is 4. The average molecular weight is 551 g/mol. The molecule has 1 heterocycles. The summed E-state index contributed by atoms with van der Waals surface area (Å²) in [5, 5.41) is 25.7. The number of rotatable bonds is 12. The van der Waals surface area contributed by atoms with Gasteiger partial charge in [0, 0.05) is 24.5 Å². The van der Waals surface area contributed by atoms with Crippen molar-refractivity contribution in [3.05, 3.63) is 83.0 Å². The summed E-state index contributed by atoms with van der Waals surface area (Å²) in [4.78, 5) is 49.0. The number of hydrogen-bond acceptors (Lipinski definition) is 7. The predicted octanol–water partition coefficient (Wildman–Crippen LogP) is 3.70. The molecule has 4 atom stereocenters. The topological polar surface area (TPSA) is 145 Å². The number of unbranched alkanes of at least 4 members (excludes halogenated alkanes) is 1. The lowest BCUT2D eigenvalue weighted by atomic mass is 9.88. The summed E-state index contributed by atoms with van der Waals surface area (Å²) in [6, 6.07) is 0. The summed E-state index contributed by atoms with van der Waals surface area (Å²) in [5.74, 6) is -1.43. The molecule has 2 amide bonds. The maximum atomic E-state index is 12.8. The van der Waals surface area contributed by atoms with Crippen molar-refractivity contribution in [2.75, 3.05) is 0 Å². The first-order chi connectivity index (χ1) is 18.9. The van der Waals surface area contributed by atoms with Crippen molar-refractivity contribution in [1.82, 2.24) is 10.6 Å². The Hall–Kier alpha value is -3.82. The highest BCUT2D eigenvalue weighted by Gasteiger charge is 2.59.